The maximum absolute atomic E-state index is 12.5. The van der Waals surface area contributed by atoms with Gasteiger partial charge in [0.05, 0.1) is 27.8 Å². The summed E-state index contributed by atoms with van der Waals surface area (Å²) in [5.41, 5.74) is 1.10. The summed E-state index contributed by atoms with van der Waals surface area (Å²) in [6.45, 7) is 2.86. The van der Waals surface area contributed by atoms with Crippen LogP contribution in [-0.4, -0.2) is 41.6 Å². The first-order valence-corrected chi connectivity index (χ1v) is 9.76. The van der Waals surface area contributed by atoms with Gasteiger partial charge in [-0.2, -0.15) is 0 Å². The van der Waals surface area contributed by atoms with Gasteiger partial charge in [-0.3, -0.25) is 24.1 Å². The van der Waals surface area contributed by atoms with E-state index in [2.05, 4.69) is 0 Å². The fourth-order valence-corrected chi connectivity index (χ4v) is 3.30. The van der Waals surface area contributed by atoms with E-state index in [1.54, 1.807) is 25.1 Å². The Kier molecular flexibility index (Phi) is 6.43. The third kappa shape index (κ3) is 4.32. The van der Waals surface area contributed by atoms with Crippen molar-refractivity contribution in [3.8, 4) is 5.75 Å². The number of ketones is 1. The summed E-state index contributed by atoms with van der Waals surface area (Å²) >= 11 is 11.8. The minimum atomic E-state index is -0.794. The van der Waals surface area contributed by atoms with Crippen LogP contribution in [0.25, 0.3) is 0 Å². The first-order valence-electron chi connectivity index (χ1n) is 9.00. The Morgan fingerprint density at radius 3 is 2.13 bits per heavy atom. The van der Waals surface area contributed by atoms with Gasteiger partial charge in [0, 0.05) is 11.1 Å². The lowest BCUT2D eigenvalue weighted by Gasteiger charge is -2.15. The highest BCUT2D eigenvalue weighted by atomic mass is 35.5. The number of halogens is 2. The number of esters is 1. The Hall–Kier alpha value is -2.90. The van der Waals surface area contributed by atoms with Gasteiger partial charge >= 0.3 is 5.97 Å². The molecule has 0 N–H and O–H groups in total. The maximum Gasteiger partial charge on any atom is 0.326 e. The lowest BCUT2D eigenvalue weighted by Crippen LogP contribution is -2.35. The number of carbonyl (C=O) groups excluding carboxylic acids is 4. The van der Waals surface area contributed by atoms with Crippen LogP contribution in [0.1, 0.15) is 50.5 Å². The second-order valence-electron chi connectivity index (χ2n) is 6.48. The average molecular weight is 450 g/mol. The molecule has 0 fully saturated rings. The monoisotopic (exact) mass is 449 g/mol. The number of hydrogen-bond donors (Lipinski definition) is 0. The van der Waals surface area contributed by atoms with Gasteiger partial charge in [0.25, 0.3) is 11.8 Å². The molecule has 2 amide bonds. The van der Waals surface area contributed by atoms with Crippen molar-refractivity contribution in [3.05, 3.63) is 62.6 Å². The maximum atomic E-state index is 12.5. The Bertz CT molecular complexity index is 1020. The molecule has 2 aromatic carbocycles. The van der Waals surface area contributed by atoms with Crippen molar-refractivity contribution in [2.45, 2.75) is 20.5 Å². The fraction of sp³-hybridized carbons (Fsp3) is 0.238. The molecule has 2 aromatic rings. The number of carbonyl (C=O) groups is 4. The zero-order valence-electron chi connectivity index (χ0n) is 16.2. The van der Waals surface area contributed by atoms with Crippen LogP contribution in [0.5, 0.6) is 5.75 Å². The molecule has 0 aliphatic carbocycles. The molecule has 156 valence electrons. The first-order chi connectivity index (χ1) is 14.2. The number of rotatable bonds is 7. The Labute approximate surface area is 182 Å². The Balaban J connectivity index is 1.71. The van der Waals surface area contributed by atoms with E-state index in [1.807, 2.05) is 0 Å². The second-order valence-corrected chi connectivity index (χ2v) is 7.30. The average Bonchev–Trinajstić information content (AvgIpc) is 2.92. The molecule has 0 saturated carbocycles. The summed E-state index contributed by atoms with van der Waals surface area (Å²) < 4.78 is 10.7. The summed E-state index contributed by atoms with van der Waals surface area (Å²) in [6, 6.07) is 7.42. The van der Waals surface area contributed by atoms with E-state index in [1.165, 1.54) is 19.1 Å². The summed E-state index contributed by atoms with van der Waals surface area (Å²) in [5, 5.41) is 0.268. The molecule has 0 spiro atoms. The normalized spacial score (nSPS) is 12.7. The van der Waals surface area contributed by atoms with Crippen molar-refractivity contribution < 1.29 is 28.7 Å². The second kappa shape index (κ2) is 8.85. The Morgan fingerprint density at radius 2 is 1.60 bits per heavy atom. The smallest absolute Gasteiger partial charge is 0.326 e. The molecule has 9 heteroatoms. The fourth-order valence-electron chi connectivity index (χ4n) is 2.97. The largest absolute Gasteiger partial charge is 0.493 e. The number of imide groups is 1. The number of amides is 2. The number of benzene rings is 2. The lowest BCUT2D eigenvalue weighted by molar-refractivity contribution is -0.145. The number of hydrogen-bond acceptors (Lipinski definition) is 6. The van der Waals surface area contributed by atoms with Crippen molar-refractivity contribution in [1.29, 1.82) is 0 Å². The van der Waals surface area contributed by atoms with Gasteiger partial charge in [-0.15, -0.1) is 0 Å². The van der Waals surface area contributed by atoms with Crippen LogP contribution in [0.2, 0.25) is 10.0 Å². The highest BCUT2D eigenvalue weighted by Gasteiger charge is 2.37. The van der Waals surface area contributed by atoms with Crippen LogP contribution in [0, 0.1) is 0 Å². The minimum Gasteiger partial charge on any atom is -0.493 e. The molecule has 30 heavy (non-hydrogen) atoms. The summed E-state index contributed by atoms with van der Waals surface area (Å²) in [7, 11) is 0. The number of Topliss-reactive ketones (excluding diaryl/α,β-unsaturated/α-hetero) is 1. The predicted molar refractivity (Wildman–Crippen MR) is 109 cm³/mol. The minimum absolute atomic E-state index is 0.0787. The van der Waals surface area contributed by atoms with Crippen molar-refractivity contribution in [1.82, 2.24) is 4.90 Å². The van der Waals surface area contributed by atoms with Gasteiger partial charge < -0.3 is 9.47 Å². The summed E-state index contributed by atoms with van der Waals surface area (Å²) in [5.74, 6) is -1.77. The van der Waals surface area contributed by atoms with Crippen LogP contribution in [0.3, 0.4) is 0 Å². The third-order valence-corrected chi connectivity index (χ3v) is 5.18. The van der Waals surface area contributed by atoms with E-state index in [-0.39, 0.29) is 33.6 Å². The molecular weight excluding hydrogens is 433 g/mol. The molecule has 0 atom stereocenters. The van der Waals surface area contributed by atoms with E-state index in [4.69, 9.17) is 32.7 Å². The lowest BCUT2D eigenvalue weighted by atomic mass is 10.1. The Morgan fingerprint density at radius 1 is 1.00 bits per heavy atom. The number of ether oxygens (including phenoxy) is 2. The highest BCUT2D eigenvalue weighted by Crippen LogP contribution is 2.31. The van der Waals surface area contributed by atoms with E-state index < -0.39 is 24.3 Å². The molecule has 0 saturated heterocycles. The van der Waals surface area contributed by atoms with Crippen molar-refractivity contribution in [2.75, 3.05) is 13.2 Å². The van der Waals surface area contributed by atoms with E-state index in [0.717, 1.165) is 4.90 Å². The molecular formula is C21H17Cl2NO6. The van der Waals surface area contributed by atoms with Gasteiger partial charge in [0.1, 0.15) is 18.9 Å². The van der Waals surface area contributed by atoms with E-state index in [0.29, 0.717) is 23.5 Å². The van der Waals surface area contributed by atoms with E-state index >= 15 is 0 Å². The van der Waals surface area contributed by atoms with Crippen molar-refractivity contribution >= 4 is 46.8 Å². The zero-order chi connectivity index (χ0) is 22.0. The topological polar surface area (TPSA) is 90.0 Å². The molecule has 3 rings (SSSR count). The quantitative estimate of drug-likeness (QED) is 0.361. The third-order valence-electron chi connectivity index (χ3n) is 4.45. The van der Waals surface area contributed by atoms with Crippen LogP contribution >= 0.6 is 23.2 Å². The first kappa shape index (κ1) is 21.8. The van der Waals surface area contributed by atoms with Crippen LogP contribution in [0.15, 0.2) is 30.3 Å². The van der Waals surface area contributed by atoms with Gasteiger partial charge in [-0.1, -0.05) is 23.2 Å². The van der Waals surface area contributed by atoms with Crippen LogP contribution < -0.4 is 4.74 Å². The van der Waals surface area contributed by atoms with Crippen LogP contribution in [0.4, 0.5) is 0 Å². The van der Waals surface area contributed by atoms with Crippen molar-refractivity contribution in [3.63, 3.8) is 0 Å². The highest BCUT2D eigenvalue weighted by molar-refractivity contribution is 6.43. The molecule has 0 aromatic heterocycles. The summed E-state index contributed by atoms with van der Waals surface area (Å²) in [4.78, 5) is 49.6. The predicted octanol–water partition coefficient (Wildman–Crippen LogP) is 3.93. The molecule has 1 aliphatic heterocycles. The molecule has 1 aliphatic rings. The molecule has 7 nitrogen and oxygen atoms in total. The molecule has 1 heterocycles. The zero-order valence-corrected chi connectivity index (χ0v) is 17.7. The van der Waals surface area contributed by atoms with Crippen LogP contribution in [-0.2, 0) is 16.1 Å². The number of fused-ring (bicyclic) bond motifs is 1. The van der Waals surface area contributed by atoms with Gasteiger partial charge in [0.2, 0.25) is 0 Å². The molecule has 0 radical (unpaired) electrons. The van der Waals surface area contributed by atoms with Crippen molar-refractivity contribution in [2.24, 2.45) is 0 Å². The van der Waals surface area contributed by atoms with Gasteiger partial charge in [0.15, 0.2) is 5.78 Å². The molecule has 0 bridgehead atoms. The SMILES string of the molecule is CCOc1ccc(C(C)=O)cc1COC(=O)CN1C(=O)c2cc(Cl)c(Cl)cc2C1=O. The van der Waals surface area contributed by atoms with E-state index in [9.17, 15) is 19.2 Å². The standard InChI is InChI=1S/C21H17Cl2NO6/c1-3-29-18-5-4-12(11(2)25)6-13(18)10-30-19(26)9-24-20(27)14-7-16(22)17(23)8-15(14)21(24)28/h4-8H,3,9-10H2,1-2H3. The number of nitrogens with zero attached hydrogens (tertiary/aromatic N) is 1. The molecule has 0 unspecified atom stereocenters. The van der Waals surface area contributed by atoms with Gasteiger partial charge in [-0.25, -0.2) is 0 Å². The summed E-state index contributed by atoms with van der Waals surface area (Å²) in [6.07, 6.45) is 0. The van der Waals surface area contributed by atoms with Gasteiger partial charge in [-0.05, 0) is 44.2 Å².